The van der Waals surface area contributed by atoms with Crippen molar-refractivity contribution in [1.29, 1.82) is 0 Å². The fourth-order valence-electron chi connectivity index (χ4n) is 1.76. The monoisotopic (exact) mass is 236 g/mol. The predicted octanol–water partition coefficient (Wildman–Crippen LogP) is 1.69. The van der Waals surface area contributed by atoms with E-state index in [2.05, 4.69) is 34.0 Å². The van der Waals surface area contributed by atoms with Crippen molar-refractivity contribution in [3.8, 4) is 0 Å². The van der Waals surface area contributed by atoms with E-state index < -0.39 is 0 Å². The van der Waals surface area contributed by atoms with Crippen molar-refractivity contribution in [2.75, 3.05) is 26.2 Å². The zero-order valence-corrected chi connectivity index (χ0v) is 11.0. The van der Waals surface area contributed by atoms with E-state index in [1.54, 1.807) is 12.4 Å². The first kappa shape index (κ1) is 14.1. The lowest BCUT2D eigenvalue weighted by Gasteiger charge is -2.17. The maximum atomic E-state index is 4.22. The smallest absolute Gasteiger partial charge is 0.0724 e. The van der Waals surface area contributed by atoms with Crippen LogP contribution in [0.25, 0.3) is 0 Å². The van der Waals surface area contributed by atoms with Crippen LogP contribution in [-0.4, -0.2) is 41.0 Å². The highest BCUT2D eigenvalue weighted by Gasteiger charge is 1.98. The molecule has 1 rings (SSSR count). The lowest BCUT2D eigenvalue weighted by Crippen LogP contribution is -2.25. The van der Waals surface area contributed by atoms with Crippen molar-refractivity contribution >= 4 is 0 Å². The number of nitrogens with zero attached hydrogens (tertiary/aromatic N) is 3. The molecule has 0 aliphatic heterocycles. The van der Waals surface area contributed by atoms with Crippen molar-refractivity contribution in [2.24, 2.45) is 0 Å². The van der Waals surface area contributed by atoms with Gasteiger partial charge in [0, 0.05) is 25.1 Å². The zero-order valence-electron chi connectivity index (χ0n) is 11.0. The van der Waals surface area contributed by atoms with E-state index in [-0.39, 0.29) is 0 Å². The summed E-state index contributed by atoms with van der Waals surface area (Å²) in [5.41, 5.74) is 1.01. The van der Waals surface area contributed by atoms with Crippen molar-refractivity contribution < 1.29 is 0 Å². The minimum atomic E-state index is 0.819. The quantitative estimate of drug-likeness (QED) is 0.662. The van der Waals surface area contributed by atoms with Crippen molar-refractivity contribution in [2.45, 2.75) is 33.2 Å². The molecule has 17 heavy (non-hydrogen) atoms. The molecule has 0 aliphatic rings. The van der Waals surface area contributed by atoms with E-state index >= 15 is 0 Å². The molecule has 96 valence electrons. The predicted molar refractivity (Wildman–Crippen MR) is 70.8 cm³/mol. The van der Waals surface area contributed by atoms with Gasteiger partial charge in [-0.25, -0.2) is 0 Å². The Hall–Kier alpha value is -1.00. The summed E-state index contributed by atoms with van der Waals surface area (Å²) in [7, 11) is 0. The molecule has 4 heteroatoms. The van der Waals surface area contributed by atoms with Crippen molar-refractivity contribution in [3.63, 3.8) is 0 Å². The summed E-state index contributed by atoms with van der Waals surface area (Å²) in [6, 6.07) is 0. The third-order valence-corrected chi connectivity index (χ3v) is 2.90. The van der Waals surface area contributed by atoms with Crippen LogP contribution < -0.4 is 5.32 Å². The second-order valence-electron chi connectivity index (χ2n) is 4.11. The van der Waals surface area contributed by atoms with E-state index in [1.807, 2.05) is 6.20 Å². The molecule has 0 aliphatic carbocycles. The van der Waals surface area contributed by atoms with Gasteiger partial charge in [0.15, 0.2) is 0 Å². The largest absolute Gasteiger partial charge is 0.311 e. The molecule has 0 atom stereocenters. The second kappa shape index (κ2) is 9.07. The summed E-state index contributed by atoms with van der Waals surface area (Å²) in [5.74, 6) is 0. The van der Waals surface area contributed by atoms with Crippen LogP contribution in [0.4, 0.5) is 0 Å². The highest BCUT2D eigenvalue weighted by atomic mass is 15.1. The van der Waals surface area contributed by atoms with Gasteiger partial charge >= 0.3 is 0 Å². The Morgan fingerprint density at radius 3 is 2.65 bits per heavy atom. The molecule has 1 aromatic heterocycles. The van der Waals surface area contributed by atoms with Crippen LogP contribution in [0.3, 0.4) is 0 Å². The summed E-state index contributed by atoms with van der Waals surface area (Å²) in [6.07, 6.45) is 7.72. The lowest BCUT2D eigenvalue weighted by molar-refractivity contribution is 0.296. The van der Waals surface area contributed by atoms with Crippen LogP contribution in [-0.2, 0) is 6.54 Å². The molecule has 0 amide bonds. The molecule has 0 radical (unpaired) electrons. The van der Waals surface area contributed by atoms with Crippen molar-refractivity contribution in [3.05, 3.63) is 24.3 Å². The van der Waals surface area contributed by atoms with Gasteiger partial charge in [0.25, 0.3) is 0 Å². The minimum Gasteiger partial charge on any atom is -0.311 e. The topological polar surface area (TPSA) is 41.0 Å². The second-order valence-corrected chi connectivity index (χ2v) is 4.11. The number of unbranched alkanes of at least 4 members (excludes halogenated alkanes) is 1. The molecule has 0 saturated heterocycles. The third kappa shape index (κ3) is 6.34. The molecule has 0 fully saturated rings. The number of rotatable bonds is 9. The summed E-state index contributed by atoms with van der Waals surface area (Å²) in [4.78, 5) is 10.7. The van der Waals surface area contributed by atoms with Crippen LogP contribution >= 0.6 is 0 Å². The van der Waals surface area contributed by atoms with Gasteiger partial charge < -0.3 is 10.2 Å². The molecule has 0 saturated carbocycles. The normalized spacial score (nSPS) is 11.0. The molecule has 1 heterocycles. The average molecular weight is 236 g/mol. The minimum absolute atomic E-state index is 0.819. The first-order valence-corrected chi connectivity index (χ1v) is 6.54. The Balaban J connectivity index is 1.98. The third-order valence-electron chi connectivity index (χ3n) is 2.90. The highest BCUT2D eigenvalue weighted by Crippen LogP contribution is 1.95. The Bertz CT molecular complexity index is 272. The van der Waals surface area contributed by atoms with Gasteiger partial charge in [-0.1, -0.05) is 13.8 Å². The lowest BCUT2D eigenvalue weighted by atomic mass is 10.3. The summed E-state index contributed by atoms with van der Waals surface area (Å²) in [6.45, 7) is 9.83. The fraction of sp³-hybridized carbons (Fsp3) is 0.692. The maximum Gasteiger partial charge on any atom is 0.0724 e. The van der Waals surface area contributed by atoms with E-state index in [9.17, 15) is 0 Å². The van der Waals surface area contributed by atoms with Gasteiger partial charge in [0.2, 0.25) is 0 Å². The number of nitrogens with one attached hydrogen (secondary N) is 1. The first-order chi connectivity index (χ1) is 8.36. The molecule has 0 bridgehead atoms. The molecule has 1 aromatic rings. The van der Waals surface area contributed by atoms with Crippen molar-refractivity contribution in [1.82, 2.24) is 20.2 Å². The standard InChI is InChI=1S/C13H24N4/c1-3-17(4-2)10-6-5-7-14-11-13-12-15-8-9-16-13/h8-9,12,14H,3-7,10-11H2,1-2H3. The molecule has 0 aromatic carbocycles. The summed E-state index contributed by atoms with van der Waals surface area (Å²) in [5, 5.41) is 3.39. The van der Waals surface area contributed by atoms with Gasteiger partial charge in [-0.2, -0.15) is 0 Å². The number of aromatic nitrogens is 2. The van der Waals surface area contributed by atoms with E-state index in [1.165, 1.54) is 19.4 Å². The molecular weight excluding hydrogens is 212 g/mol. The van der Waals surface area contributed by atoms with Crippen LogP contribution in [0.15, 0.2) is 18.6 Å². The zero-order chi connectivity index (χ0) is 12.3. The van der Waals surface area contributed by atoms with Gasteiger partial charge in [0.05, 0.1) is 5.69 Å². The number of hydrogen-bond donors (Lipinski definition) is 1. The molecule has 1 N–H and O–H groups in total. The van der Waals surface area contributed by atoms with E-state index in [4.69, 9.17) is 0 Å². The SMILES string of the molecule is CCN(CC)CCCCNCc1cnccn1. The molecule has 0 spiro atoms. The van der Waals surface area contributed by atoms with Gasteiger partial charge in [-0.05, 0) is 39.0 Å². The molecule has 0 unspecified atom stereocenters. The van der Waals surface area contributed by atoms with Crippen LogP contribution in [0, 0.1) is 0 Å². The van der Waals surface area contributed by atoms with Gasteiger partial charge in [-0.15, -0.1) is 0 Å². The summed E-state index contributed by atoms with van der Waals surface area (Å²) < 4.78 is 0. The van der Waals surface area contributed by atoms with E-state index in [0.29, 0.717) is 0 Å². The molecular formula is C13H24N4. The maximum absolute atomic E-state index is 4.22. The summed E-state index contributed by atoms with van der Waals surface area (Å²) >= 11 is 0. The highest BCUT2D eigenvalue weighted by molar-refractivity contribution is 4.93. The van der Waals surface area contributed by atoms with Crippen LogP contribution in [0.1, 0.15) is 32.4 Å². The van der Waals surface area contributed by atoms with Crippen LogP contribution in [0.2, 0.25) is 0 Å². The average Bonchev–Trinajstić information content (AvgIpc) is 2.39. The first-order valence-electron chi connectivity index (χ1n) is 6.54. The van der Waals surface area contributed by atoms with E-state index in [0.717, 1.165) is 31.9 Å². The van der Waals surface area contributed by atoms with Gasteiger partial charge in [-0.3, -0.25) is 9.97 Å². The van der Waals surface area contributed by atoms with Crippen LogP contribution in [0.5, 0.6) is 0 Å². The Morgan fingerprint density at radius 2 is 2.00 bits per heavy atom. The Labute approximate surface area is 104 Å². The fourth-order valence-corrected chi connectivity index (χ4v) is 1.76. The Morgan fingerprint density at radius 1 is 1.18 bits per heavy atom. The number of hydrogen-bond acceptors (Lipinski definition) is 4. The Kier molecular flexibility index (Phi) is 7.51. The van der Waals surface area contributed by atoms with Gasteiger partial charge in [0.1, 0.15) is 0 Å². The molecule has 4 nitrogen and oxygen atoms in total.